The van der Waals surface area contributed by atoms with E-state index in [2.05, 4.69) is 0 Å². The number of esters is 3. The molecule has 1 aromatic carbocycles. The summed E-state index contributed by atoms with van der Waals surface area (Å²) in [4.78, 5) is 39.0. The molecule has 2 rings (SSSR count). The third kappa shape index (κ3) is 3.36. The molecule has 9 nitrogen and oxygen atoms in total. The monoisotopic (exact) mass is 435 g/mol. The van der Waals surface area contributed by atoms with Crippen molar-refractivity contribution in [2.45, 2.75) is 18.6 Å². The zero-order valence-electron chi connectivity index (χ0n) is 17.7. The van der Waals surface area contributed by atoms with Crippen molar-refractivity contribution in [1.29, 1.82) is 5.26 Å². The molecule has 0 amide bonds. The van der Waals surface area contributed by atoms with Crippen LogP contribution in [0.3, 0.4) is 0 Å². The fourth-order valence-corrected chi connectivity index (χ4v) is 3.96. The smallest absolute Gasteiger partial charge is 0.339 e. The molecule has 0 spiro atoms. The lowest BCUT2D eigenvalue weighted by Gasteiger charge is -2.40. The van der Waals surface area contributed by atoms with Crippen molar-refractivity contribution in [1.82, 2.24) is 0 Å². The Balaban J connectivity index is 3.10. The molecule has 166 valence electrons. The Bertz CT molecular complexity index is 945. The van der Waals surface area contributed by atoms with Crippen LogP contribution >= 0.6 is 0 Å². The van der Waals surface area contributed by atoms with Gasteiger partial charge in [-0.15, -0.1) is 0 Å². The lowest BCUT2D eigenvalue weighted by atomic mass is 9.69. The molecule has 0 N–H and O–H groups in total. The normalized spacial score (nSPS) is 21.9. The Morgan fingerprint density at radius 1 is 1.03 bits per heavy atom. The minimum absolute atomic E-state index is 0.122. The summed E-state index contributed by atoms with van der Waals surface area (Å²) in [5, 5.41) is 10.3. The van der Waals surface area contributed by atoms with Crippen molar-refractivity contribution in [2.75, 3.05) is 35.0 Å². The van der Waals surface area contributed by atoms with Crippen molar-refractivity contribution in [3.05, 3.63) is 46.8 Å². The number of hydrogen-bond donors (Lipinski definition) is 0. The molecule has 0 bridgehead atoms. The zero-order valence-corrected chi connectivity index (χ0v) is 17.7. The minimum atomic E-state index is -2.42. The standard InChI is InChI=1S/C21H22FNO8/c1-6-31-19(26)20(11-23)15(12-7-9-13(22)10-8-12)14(17(24)27-2)16(18(25)28-3)21(20,29-4)30-5/h7-10,15H,6H2,1-5H3. The van der Waals surface area contributed by atoms with Crippen LogP contribution in [0.1, 0.15) is 18.4 Å². The number of benzene rings is 1. The molecule has 0 aromatic heterocycles. The molecule has 0 saturated carbocycles. The highest BCUT2D eigenvalue weighted by atomic mass is 19.1. The molecule has 2 atom stereocenters. The number of nitriles is 1. The van der Waals surface area contributed by atoms with Crippen molar-refractivity contribution in [3.63, 3.8) is 0 Å². The Morgan fingerprint density at radius 3 is 2.00 bits per heavy atom. The molecular formula is C21H22FNO8. The minimum Gasteiger partial charge on any atom is -0.466 e. The SMILES string of the molecule is CCOC(=O)C1(C#N)C(c2ccc(F)cc2)C(C(=O)OC)=C(C(=O)OC)C1(OC)OC. The van der Waals surface area contributed by atoms with E-state index in [1.54, 1.807) is 0 Å². The molecule has 1 aliphatic carbocycles. The maximum Gasteiger partial charge on any atom is 0.339 e. The van der Waals surface area contributed by atoms with Gasteiger partial charge in [-0.25, -0.2) is 14.0 Å². The predicted molar refractivity (Wildman–Crippen MR) is 102 cm³/mol. The van der Waals surface area contributed by atoms with Crippen LogP contribution in [-0.2, 0) is 38.1 Å². The zero-order chi connectivity index (χ0) is 23.4. The fourth-order valence-electron chi connectivity index (χ4n) is 3.96. The van der Waals surface area contributed by atoms with E-state index >= 15 is 0 Å². The second-order valence-corrected chi connectivity index (χ2v) is 6.42. The lowest BCUT2D eigenvalue weighted by molar-refractivity contribution is -0.238. The van der Waals surface area contributed by atoms with Crippen molar-refractivity contribution < 1.29 is 42.5 Å². The van der Waals surface area contributed by atoms with Gasteiger partial charge in [0, 0.05) is 14.2 Å². The van der Waals surface area contributed by atoms with Gasteiger partial charge in [0.2, 0.25) is 11.2 Å². The highest BCUT2D eigenvalue weighted by molar-refractivity contribution is 6.08. The van der Waals surface area contributed by atoms with E-state index in [-0.39, 0.29) is 12.2 Å². The van der Waals surface area contributed by atoms with Gasteiger partial charge >= 0.3 is 17.9 Å². The topological polar surface area (TPSA) is 121 Å². The summed E-state index contributed by atoms with van der Waals surface area (Å²) in [7, 11) is 4.30. The van der Waals surface area contributed by atoms with Crippen molar-refractivity contribution in [3.8, 4) is 6.07 Å². The Morgan fingerprint density at radius 2 is 1.58 bits per heavy atom. The molecule has 0 heterocycles. The second kappa shape index (κ2) is 9.24. The fraction of sp³-hybridized carbons (Fsp3) is 0.429. The number of halogens is 1. The van der Waals surface area contributed by atoms with Crippen LogP contribution in [0.2, 0.25) is 0 Å². The average Bonchev–Trinajstić information content (AvgIpc) is 3.06. The highest BCUT2D eigenvalue weighted by Gasteiger charge is 2.75. The molecule has 10 heteroatoms. The van der Waals surface area contributed by atoms with E-state index in [4.69, 9.17) is 23.7 Å². The lowest BCUT2D eigenvalue weighted by Crippen LogP contribution is -2.57. The number of hydrogen-bond acceptors (Lipinski definition) is 9. The van der Waals surface area contributed by atoms with Gasteiger partial charge in [-0.05, 0) is 24.6 Å². The summed E-state index contributed by atoms with van der Waals surface area (Å²) in [6, 6.07) is 6.55. The number of ether oxygens (including phenoxy) is 5. The van der Waals surface area contributed by atoms with Gasteiger partial charge in [-0.3, -0.25) is 4.79 Å². The molecule has 0 aliphatic heterocycles. The van der Waals surface area contributed by atoms with Crippen LogP contribution in [0.25, 0.3) is 0 Å². The first-order valence-electron chi connectivity index (χ1n) is 9.11. The predicted octanol–water partition coefficient (Wildman–Crippen LogP) is 1.63. The maximum absolute atomic E-state index is 13.6. The molecule has 2 unspecified atom stereocenters. The highest BCUT2D eigenvalue weighted by Crippen LogP contribution is 2.61. The first-order valence-corrected chi connectivity index (χ1v) is 9.11. The van der Waals surface area contributed by atoms with Gasteiger partial charge in [0.1, 0.15) is 11.4 Å². The van der Waals surface area contributed by atoms with E-state index in [1.807, 2.05) is 6.07 Å². The summed E-state index contributed by atoms with van der Waals surface area (Å²) in [5.41, 5.74) is -3.21. The van der Waals surface area contributed by atoms with E-state index in [1.165, 1.54) is 19.1 Å². The van der Waals surface area contributed by atoms with E-state index in [0.29, 0.717) is 0 Å². The number of carbonyl (C=O) groups excluding carboxylic acids is 3. The summed E-state index contributed by atoms with van der Waals surface area (Å²) in [6.45, 7) is 1.39. The van der Waals surface area contributed by atoms with Gasteiger partial charge < -0.3 is 23.7 Å². The number of nitrogens with zero attached hydrogens (tertiary/aromatic N) is 1. The van der Waals surface area contributed by atoms with Gasteiger partial charge in [0.25, 0.3) is 0 Å². The number of carbonyl (C=O) groups is 3. The van der Waals surface area contributed by atoms with Gasteiger partial charge in [-0.1, -0.05) is 12.1 Å². The van der Waals surface area contributed by atoms with Gasteiger partial charge in [0.05, 0.1) is 38.4 Å². The van der Waals surface area contributed by atoms with E-state index in [0.717, 1.165) is 40.6 Å². The molecule has 0 fully saturated rings. The van der Waals surface area contributed by atoms with E-state index < -0.39 is 52.0 Å². The third-order valence-electron chi connectivity index (χ3n) is 5.19. The second-order valence-electron chi connectivity index (χ2n) is 6.42. The van der Waals surface area contributed by atoms with Crippen LogP contribution in [-0.4, -0.2) is 58.7 Å². The molecule has 31 heavy (non-hydrogen) atoms. The summed E-state index contributed by atoms with van der Waals surface area (Å²) < 4.78 is 39.4. The summed E-state index contributed by atoms with van der Waals surface area (Å²) >= 11 is 0. The molecule has 1 aliphatic rings. The summed E-state index contributed by atoms with van der Waals surface area (Å²) in [6.07, 6.45) is 0. The van der Waals surface area contributed by atoms with Crippen molar-refractivity contribution >= 4 is 17.9 Å². The largest absolute Gasteiger partial charge is 0.466 e. The van der Waals surface area contributed by atoms with Crippen LogP contribution in [0.5, 0.6) is 0 Å². The van der Waals surface area contributed by atoms with Crippen LogP contribution in [0, 0.1) is 22.6 Å². The van der Waals surface area contributed by atoms with Crippen LogP contribution in [0.4, 0.5) is 4.39 Å². The first kappa shape index (κ1) is 24.0. The van der Waals surface area contributed by atoms with Crippen molar-refractivity contribution in [2.24, 2.45) is 5.41 Å². The Labute approximate surface area is 178 Å². The van der Waals surface area contributed by atoms with Gasteiger partial charge in [-0.2, -0.15) is 5.26 Å². The van der Waals surface area contributed by atoms with Crippen LogP contribution < -0.4 is 0 Å². The number of rotatable bonds is 7. The Kier molecular flexibility index (Phi) is 7.15. The molecular weight excluding hydrogens is 413 g/mol. The van der Waals surface area contributed by atoms with Gasteiger partial charge in [0.15, 0.2) is 0 Å². The quantitative estimate of drug-likeness (QED) is 0.357. The average molecular weight is 435 g/mol. The Hall–Kier alpha value is -3.29. The third-order valence-corrected chi connectivity index (χ3v) is 5.19. The molecule has 0 saturated heterocycles. The summed E-state index contributed by atoms with van der Waals surface area (Å²) in [5.74, 6) is -7.70. The number of methoxy groups -OCH3 is 4. The molecule has 0 radical (unpaired) electrons. The van der Waals surface area contributed by atoms with Crippen LogP contribution in [0.15, 0.2) is 35.4 Å². The first-order chi connectivity index (χ1) is 14.8. The maximum atomic E-state index is 13.6. The van der Waals surface area contributed by atoms with E-state index in [9.17, 15) is 24.0 Å². The molecule has 1 aromatic rings.